The van der Waals surface area contributed by atoms with E-state index in [1.54, 1.807) is 12.1 Å². The first-order chi connectivity index (χ1) is 12.7. The van der Waals surface area contributed by atoms with Crippen LogP contribution in [0.25, 0.3) is 11.1 Å². The summed E-state index contributed by atoms with van der Waals surface area (Å²) in [5, 5.41) is 0. The number of nitrogens with two attached hydrogens (primary N) is 1. The molecule has 0 aromatic heterocycles. The topological polar surface area (TPSA) is 56.8 Å². The fourth-order valence-electron chi connectivity index (χ4n) is 2.87. The molecule has 1 aliphatic rings. The summed E-state index contributed by atoms with van der Waals surface area (Å²) in [5.41, 5.74) is 7.13. The van der Waals surface area contributed by atoms with Gasteiger partial charge in [-0.15, -0.1) is 0 Å². The van der Waals surface area contributed by atoms with E-state index in [0.29, 0.717) is 23.6 Å². The van der Waals surface area contributed by atoms with E-state index in [4.69, 9.17) is 10.5 Å². The van der Waals surface area contributed by atoms with Crippen molar-refractivity contribution in [3.05, 3.63) is 53.8 Å². The Morgan fingerprint density at radius 1 is 1.19 bits per heavy atom. The lowest BCUT2D eigenvalue weighted by Gasteiger charge is -2.30. The van der Waals surface area contributed by atoms with Crippen LogP contribution in [0.15, 0.2) is 47.5 Å². The third kappa shape index (κ3) is 4.57. The SMILES string of the molecule is CC1(c2cccc(-c3ccc(F)c(OCC(F)(F)F)c3)c2)COCC(N)=N1. The fraction of sp³-hybridized carbons (Fsp3) is 0.316. The second-order valence-electron chi connectivity index (χ2n) is 6.50. The van der Waals surface area contributed by atoms with Crippen molar-refractivity contribution in [2.75, 3.05) is 19.8 Å². The first-order valence-corrected chi connectivity index (χ1v) is 8.18. The molecule has 0 saturated heterocycles. The molecule has 144 valence electrons. The molecule has 0 amide bonds. The maximum atomic E-state index is 13.8. The van der Waals surface area contributed by atoms with Crippen LogP contribution in [0.2, 0.25) is 0 Å². The molecule has 4 nitrogen and oxygen atoms in total. The largest absolute Gasteiger partial charge is 0.481 e. The summed E-state index contributed by atoms with van der Waals surface area (Å²) in [6, 6.07) is 11.0. The lowest BCUT2D eigenvalue weighted by Crippen LogP contribution is -2.37. The number of hydrogen-bond donors (Lipinski definition) is 1. The van der Waals surface area contributed by atoms with Gasteiger partial charge in [0.05, 0.1) is 6.61 Å². The first kappa shape index (κ1) is 19.2. The number of ether oxygens (including phenoxy) is 2. The molecule has 27 heavy (non-hydrogen) atoms. The van der Waals surface area contributed by atoms with Crippen molar-refractivity contribution < 1.29 is 27.0 Å². The zero-order valence-corrected chi connectivity index (χ0v) is 14.5. The maximum absolute atomic E-state index is 13.8. The predicted molar refractivity (Wildman–Crippen MR) is 93.2 cm³/mol. The van der Waals surface area contributed by atoms with Crippen LogP contribution < -0.4 is 10.5 Å². The molecule has 1 aliphatic heterocycles. The highest BCUT2D eigenvalue weighted by molar-refractivity contribution is 5.82. The molecule has 0 bridgehead atoms. The van der Waals surface area contributed by atoms with E-state index in [1.807, 2.05) is 19.1 Å². The zero-order chi connectivity index (χ0) is 19.7. The number of benzene rings is 2. The summed E-state index contributed by atoms with van der Waals surface area (Å²) in [4.78, 5) is 4.47. The molecule has 1 atom stereocenters. The standard InChI is InChI=1S/C19H18F4N2O2/c1-18(10-26-9-17(24)25-18)14-4-2-3-12(7-14)13-5-6-15(20)16(8-13)27-11-19(21,22)23/h2-8H,9-11H2,1H3,(H2,24,25). The van der Waals surface area contributed by atoms with Crippen LogP contribution in [-0.4, -0.2) is 31.8 Å². The molecule has 2 aromatic carbocycles. The Bertz CT molecular complexity index is 867. The maximum Gasteiger partial charge on any atom is 0.422 e. The van der Waals surface area contributed by atoms with Crippen molar-refractivity contribution in [2.45, 2.75) is 18.6 Å². The smallest absolute Gasteiger partial charge is 0.422 e. The first-order valence-electron chi connectivity index (χ1n) is 8.18. The van der Waals surface area contributed by atoms with Crippen LogP contribution in [0.3, 0.4) is 0 Å². The Kier molecular flexibility index (Phi) is 5.10. The molecule has 0 fully saturated rings. The van der Waals surface area contributed by atoms with Crippen molar-refractivity contribution in [3.63, 3.8) is 0 Å². The van der Waals surface area contributed by atoms with Gasteiger partial charge in [0.15, 0.2) is 18.2 Å². The number of nitrogens with zero attached hydrogens (tertiary/aromatic N) is 1. The van der Waals surface area contributed by atoms with Crippen LogP contribution >= 0.6 is 0 Å². The van der Waals surface area contributed by atoms with Gasteiger partial charge in [-0.3, -0.25) is 4.99 Å². The summed E-state index contributed by atoms with van der Waals surface area (Å²) in [6.07, 6.45) is -4.55. The van der Waals surface area contributed by atoms with Crippen molar-refractivity contribution in [2.24, 2.45) is 10.7 Å². The predicted octanol–water partition coefficient (Wildman–Crippen LogP) is 4.04. The lowest BCUT2D eigenvalue weighted by atomic mass is 9.90. The second kappa shape index (κ2) is 7.19. The van der Waals surface area contributed by atoms with Gasteiger partial charge in [-0.2, -0.15) is 13.2 Å². The number of aliphatic imine (C=N–C) groups is 1. The molecule has 2 N–H and O–H groups in total. The summed E-state index contributed by atoms with van der Waals surface area (Å²) in [6.45, 7) is 0.936. The molecule has 8 heteroatoms. The molecular weight excluding hydrogens is 364 g/mol. The van der Waals surface area contributed by atoms with Gasteiger partial charge in [0.2, 0.25) is 0 Å². The van der Waals surface area contributed by atoms with E-state index in [-0.39, 0.29) is 6.61 Å². The van der Waals surface area contributed by atoms with Crippen molar-refractivity contribution in [1.82, 2.24) is 0 Å². The average molecular weight is 382 g/mol. The molecule has 0 saturated carbocycles. The van der Waals surface area contributed by atoms with E-state index in [1.165, 1.54) is 12.1 Å². The minimum atomic E-state index is -4.55. The van der Waals surface area contributed by atoms with Crippen LogP contribution in [0, 0.1) is 5.82 Å². The van der Waals surface area contributed by atoms with E-state index in [9.17, 15) is 17.6 Å². The summed E-state index contributed by atoms with van der Waals surface area (Å²) in [7, 11) is 0. The highest BCUT2D eigenvalue weighted by Gasteiger charge is 2.30. The zero-order valence-electron chi connectivity index (χ0n) is 14.5. The number of alkyl halides is 3. The highest BCUT2D eigenvalue weighted by Crippen LogP contribution is 2.33. The summed E-state index contributed by atoms with van der Waals surface area (Å²) < 4.78 is 60.9. The van der Waals surface area contributed by atoms with Gasteiger partial charge in [-0.1, -0.05) is 24.3 Å². The average Bonchev–Trinajstić information content (AvgIpc) is 2.60. The third-order valence-corrected chi connectivity index (χ3v) is 4.16. The fourth-order valence-corrected chi connectivity index (χ4v) is 2.87. The van der Waals surface area contributed by atoms with Crippen LogP contribution in [0.4, 0.5) is 17.6 Å². The number of hydrogen-bond acceptors (Lipinski definition) is 4. The number of amidine groups is 1. The summed E-state index contributed by atoms with van der Waals surface area (Å²) in [5.74, 6) is -0.923. The molecule has 0 spiro atoms. The molecule has 0 radical (unpaired) electrons. The molecular formula is C19H18F4N2O2. The van der Waals surface area contributed by atoms with E-state index in [2.05, 4.69) is 9.73 Å². The quantitative estimate of drug-likeness (QED) is 0.812. The summed E-state index contributed by atoms with van der Waals surface area (Å²) >= 11 is 0. The van der Waals surface area contributed by atoms with E-state index >= 15 is 0 Å². The van der Waals surface area contributed by atoms with Crippen LogP contribution in [0.1, 0.15) is 12.5 Å². The van der Waals surface area contributed by atoms with Gasteiger partial charge < -0.3 is 15.2 Å². The van der Waals surface area contributed by atoms with Crippen molar-refractivity contribution in [3.8, 4) is 16.9 Å². The van der Waals surface area contributed by atoms with Crippen molar-refractivity contribution in [1.29, 1.82) is 0 Å². The lowest BCUT2D eigenvalue weighted by molar-refractivity contribution is -0.153. The van der Waals surface area contributed by atoms with Crippen molar-refractivity contribution >= 4 is 5.84 Å². The molecule has 0 aliphatic carbocycles. The van der Waals surface area contributed by atoms with Gasteiger partial charge >= 0.3 is 6.18 Å². The Balaban J connectivity index is 1.92. The Morgan fingerprint density at radius 3 is 2.63 bits per heavy atom. The van der Waals surface area contributed by atoms with E-state index in [0.717, 1.165) is 11.6 Å². The van der Waals surface area contributed by atoms with E-state index < -0.39 is 29.9 Å². The molecule has 2 aromatic rings. The Hall–Kier alpha value is -2.61. The highest BCUT2D eigenvalue weighted by atomic mass is 19.4. The normalized spacial score (nSPS) is 20.3. The van der Waals surface area contributed by atoms with Gasteiger partial charge in [0.25, 0.3) is 0 Å². The Morgan fingerprint density at radius 2 is 1.93 bits per heavy atom. The van der Waals surface area contributed by atoms with Gasteiger partial charge in [0, 0.05) is 0 Å². The molecule has 3 rings (SSSR count). The van der Waals surface area contributed by atoms with Gasteiger partial charge in [-0.25, -0.2) is 4.39 Å². The molecule has 1 unspecified atom stereocenters. The second-order valence-corrected chi connectivity index (χ2v) is 6.50. The van der Waals surface area contributed by atoms with Crippen LogP contribution in [-0.2, 0) is 10.3 Å². The molecule has 1 heterocycles. The van der Waals surface area contributed by atoms with Crippen LogP contribution in [0.5, 0.6) is 5.75 Å². The number of halogens is 4. The third-order valence-electron chi connectivity index (χ3n) is 4.16. The van der Waals surface area contributed by atoms with Gasteiger partial charge in [0.1, 0.15) is 18.0 Å². The van der Waals surface area contributed by atoms with Gasteiger partial charge in [-0.05, 0) is 41.8 Å². The Labute approximate surface area is 153 Å². The monoisotopic (exact) mass is 382 g/mol. The minimum absolute atomic E-state index is 0.271. The number of rotatable bonds is 4. The minimum Gasteiger partial charge on any atom is -0.481 e.